The van der Waals surface area contributed by atoms with Gasteiger partial charge in [-0.2, -0.15) is 5.10 Å². The summed E-state index contributed by atoms with van der Waals surface area (Å²) in [5.74, 6) is 0.479. The molecule has 7 nitrogen and oxygen atoms in total. The van der Waals surface area contributed by atoms with Gasteiger partial charge in [0.2, 0.25) is 0 Å². The summed E-state index contributed by atoms with van der Waals surface area (Å²) in [4.78, 5) is 19.0. The highest BCUT2D eigenvalue weighted by atomic mass is 16.5. The smallest absolute Gasteiger partial charge is 0.337 e. The van der Waals surface area contributed by atoms with Gasteiger partial charge in [-0.1, -0.05) is 30.3 Å². The second-order valence-electron chi connectivity index (χ2n) is 7.10. The largest absolute Gasteiger partial charge is 0.478 e. The van der Waals surface area contributed by atoms with Crippen molar-refractivity contribution in [1.29, 1.82) is 0 Å². The number of carboxylic acid groups (broad SMARTS) is 1. The van der Waals surface area contributed by atoms with Gasteiger partial charge in [-0.05, 0) is 36.8 Å². The van der Waals surface area contributed by atoms with Gasteiger partial charge in [-0.3, -0.25) is 9.67 Å². The number of rotatable bonds is 4. The lowest BCUT2D eigenvalue weighted by molar-refractivity contribution is 0.0698. The molecule has 0 amide bonds. The fourth-order valence-electron chi connectivity index (χ4n) is 3.70. The van der Waals surface area contributed by atoms with Gasteiger partial charge in [0.05, 0.1) is 22.3 Å². The van der Waals surface area contributed by atoms with Crippen LogP contribution in [0.3, 0.4) is 0 Å². The van der Waals surface area contributed by atoms with Crippen molar-refractivity contribution < 1.29 is 14.6 Å². The lowest BCUT2D eigenvalue weighted by Gasteiger charge is -2.10. The molecule has 0 unspecified atom stereocenters. The Kier molecular flexibility index (Phi) is 4.03. The van der Waals surface area contributed by atoms with Crippen LogP contribution in [-0.4, -0.2) is 30.8 Å². The molecular formula is C23H18N4O3. The summed E-state index contributed by atoms with van der Waals surface area (Å²) in [6.45, 7) is 2.00. The second-order valence-corrected chi connectivity index (χ2v) is 7.10. The Labute approximate surface area is 171 Å². The summed E-state index contributed by atoms with van der Waals surface area (Å²) in [6.07, 6.45) is 1.49. The predicted octanol–water partition coefficient (Wildman–Crippen LogP) is 4.92. The van der Waals surface area contributed by atoms with Crippen LogP contribution in [0.4, 0.5) is 0 Å². The highest BCUT2D eigenvalue weighted by Crippen LogP contribution is 2.36. The number of hydrogen-bond acceptors (Lipinski definition) is 4. The number of fused-ring (bicyclic) bond motifs is 2. The van der Waals surface area contributed by atoms with Gasteiger partial charge in [-0.15, -0.1) is 0 Å². The first kappa shape index (κ1) is 17.9. The second kappa shape index (κ2) is 6.73. The molecule has 2 N–H and O–H groups in total. The number of aromatic amines is 1. The zero-order valence-corrected chi connectivity index (χ0v) is 16.4. The minimum absolute atomic E-state index is 0.176. The first-order chi connectivity index (χ1) is 14.5. The fourth-order valence-corrected chi connectivity index (χ4v) is 3.70. The number of hydrogen-bond donors (Lipinski definition) is 2. The zero-order valence-electron chi connectivity index (χ0n) is 16.4. The first-order valence-corrected chi connectivity index (χ1v) is 9.43. The summed E-state index contributed by atoms with van der Waals surface area (Å²) in [7, 11) is 1.86. The van der Waals surface area contributed by atoms with Gasteiger partial charge in [0.1, 0.15) is 17.0 Å². The molecule has 0 fully saturated rings. The average Bonchev–Trinajstić information content (AvgIpc) is 3.31. The standard InChI is InChI=1S/C23H18N4O3/c1-13-6-3-4-8-18(13)30-19-9-5-7-14-21(26-27(2)22(14)19)17-12-16-20(25-17)15(23(28)29)10-11-24-16/h3-12,25H,1-2H3,(H,28,29). The topological polar surface area (TPSA) is 93.0 Å². The predicted molar refractivity (Wildman–Crippen MR) is 114 cm³/mol. The van der Waals surface area contributed by atoms with Crippen molar-refractivity contribution in [2.24, 2.45) is 7.05 Å². The molecule has 5 aromatic rings. The van der Waals surface area contributed by atoms with Crippen molar-refractivity contribution in [1.82, 2.24) is 19.7 Å². The number of benzene rings is 2. The van der Waals surface area contributed by atoms with Crippen LogP contribution in [0.5, 0.6) is 11.5 Å². The van der Waals surface area contributed by atoms with Gasteiger partial charge >= 0.3 is 5.97 Å². The summed E-state index contributed by atoms with van der Waals surface area (Å²) in [5, 5.41) is 15.0. The van der Waals surface area contributed by atoms with Crippen LogP contribution >= 0.6 is 0 Å². The van der Waals surface area contributed by atoms with E-state index in [1.807, 2.05) is 62.5 Å². The van der Waals surface area contributed by atoms with Crippen molar-refractivity contribution in [3.8, 4) is 22.9 Å². The molecule has 0 saturated heterocycles. The van der Waals surface area contributed by atoms with Crippen LogP contribution in [0.2, 0.25) is 0 Å². The van der Waals surface area contributed by atoms with E-state index < -0.39 is 5.97 Å². The van der Waals surface area contributed by atoms with Crippen molar-refractivity contribution in [2.45, 2.75) is 6.92 Å². The number of nitrogens with zero attached hydrogens (tertiary/aromatic N) is 3. The maximum Gasteiger partial charge on any atom is 0.337 e. The van der Waals surface area contributed by atoms with Crippen LogP contribution in [0, 0.1) is 6.92 Å². The van der Waals surface area contributed by atoms with Gasteiger partial charge in [0.15, 0.2) is 5.75 Å². The maximum absolute atomic E-state index is 11.5. The number of aromatic carboxylic acids is 1. The lowest BCUT2D eigenvalue weighted by atomic mass is 10.1. The molecule has 3 heterocycles. The molecule has 148 valence electrons. The van der Waals surface area contributed by atoms with Crippen LogP contribution in [0.25, 0.3) is 33.3 Å². The molecule has 0 atom stereocenters. The third-order valence-electron chi connectivity index (χ3n) is 5.15. The summed E-state index contributed by atoms with van der Waals surface area (Å²) >= 11 is 0. The number of ether oxygens (including phenoxy) is 1. The van der Waals surface area contributed by atoms with Gasteiger partial charge in [-0.25, -0.2) is 4.79 Å². The van der Waals surface area contributed by atoms with E-state index >= 15 is 0 Å². The minimum Gasteiger partial charge on any atom is -0.478 e. The van der Waals surface area contributed by atoms with Crippen molar-refractivity contribution in [3.05, 3.63) is 71.9 Å². The molecule has 30 heavy (non-hydrogen) atoms. The monoisotopic (exact) mass is 398 g/mol. The third kappa shape index (κ3) is 2.79. The summed E-state index contributed by atoms with van der Waals surface area (Å²) in [6, 6.07) is 17.0. The Morgan fingerprint density at radius 2 is 1.90 bits per heavy atom. The Balaban J connectivity index is 1.67. The highest BCUT2D eigenvalue weighted by molar-refractivity contribution is 6.03. The summed E-state index contributed by atoms with van der Waals surface area (Å²) in [5.41, 5.74) is 4.53. The van der Waals surface area contributed by atoms with Gasteiger partial charge < -0.3 is 14.8 Å². The zero-order chi connectivity index (χ0) is 20.8. The number of para-hydroxylation sites is 2. The van der Waals surface area contributed by atoms with Crippen LogP contribution < -0.4 is 4.74 Å². The van der Waals surface area contributed by atoms with Crippen LogP contribution in [0.15, 0.2) is 60.8 Å². The molecule has 0 bridgehead atoms. The lowest BCUT2D eigenvalue weighted by Crippen LogP contribution is -1.97. The minimum atomic E-state index is -1.00. The number of pyridine rings is 1. The molecule has 0 aliphatic rings. The molecule has 0 spiro atoms. The fraction of sp³-hybridized carbons (Fsp3) is 0.0870. The number of H-pyrrole nitrogens is 1. The van der Waals surface area contributed by atoms with Crippen molar-refractivity contribution >= 4 is 27.9 Å². The molecule has 5 rings (SSSR count). The average molecular weight is 398 g/mol. The SMILES string of the molecule is Cc1ccccc1Oc1cccc2c(-c3cc4nccc(C(=O)O)c4[nH]3)nn(C)c12. The van der Waals surface area contributed by atoms with Crippen LogP contribution in [-0.2, 0) is 7.05 Å². The molecule has 0 saturated carbocycles. The van der Waals surface area contributed by atoms with E-state index in [0.717, 1.165) is 22.2 Å². The maximum atomic E-state index is 11.5. The number of aromatic nitrogens is 4. The molecule has 0 radical (unpaired) electrons. The van der Waals surface area contributed by atoms with E-state index in [0.29, 0.717) is 28.2 Å². The van der Waals surface area contributed by atoms with Crippen molar-refractivity contribution in [2.75, 3.05) is 0 Å². The quantitative estimate of drug-likeness (QED) is 0.448. The van der Waals surface area contributed by atoms with E-state index in [-0.39, 0.29) is 5.56 Å². The van der Waals surface area contributed by atoms with Crippen LogP contribution in [0.1, 0.15) is 15.9 Å². The first-order valence-electron chi connectivity index (χ1n) is 9.43. The van der Waals surface area contributed by atoms with Gasteiger partial charge in [0, 0.05) is 18.6 Å². The van der Waals surface area contributed by atoms with E-state index in [2.05, 4.69) is 15.1 Å². The Hall–Kier alpha value is -4.13. The number of carboxylic acids is 1. The molecule has 0 aliphatic carbocycles. The van der Waals surface area contributed by atoms with Gasteiger partial charge in [0.25, 0.3) is 0 Å². The summed E-state index contributed by atoms with van der Waals surface area (Å²) < 4.78 is 7.97. The van der Waals surface area contributed by atoms with E-state index in [4.69, 9.17) is 4.74 Å². The number of nitrogens with one attached hydrogen (secondary N) is 1. The van der Waals surface area contributed by atoms with E-state index in [1.165, 1.54) is 12.3 Å². The third-order valence-corrected chi connectivity index (χ3v) is 5.15. The number of aryl methyl sites for hydroxylation is 2. The normalized spacial score (nSPS) is 11.3. The highest BCUT2D eigenvalue weighted by Gasteiger charge is 2.19. The molecule has 0 aliphatic heterocycles. The molecular weight excluding hydrogens is 380 g/mol. The Morgan fingerprint density at radius 1 is 1.10 bits per heavy atom. The number of carbonyl (C=O) groups is 1. The van der Waals surface area contributed by atoms with E-state index in [1.54, 1.807) is 4.68 Å². The Morgan fingerprint density at radius 3 is 2.70 bits per heavy atom. The van der Waals surface area contributed by atoms with E-state index in [9.17, 15) is 9.90 Å². The molecule has 2 aromatic carbocycles. The molecule has 7 heteroatoms. The molecule has 3 aromatic heterocycles. The van der Waals surface area contributed by atoms with Crippen molar-refractivity contribution in [3.63, 3.8) is 0 Å². The Bertz CT molecular complexity index is 1430.